The van der Waals surface area contributed by atoms with Gasteiger partial charge in [-0.2, -0.15) is 8.78 Å². The third-order valence-corrected chi connectivity index (χ3v) is 3.59. The molecule has 0 aromatic heterocycles. The van der Waals surface area contributed by atoms with Gasteiger partial charge in [-0.1, -0.05) is 12.1 Å². The Morgan fingerprint density at radius 3 is 2.32 bits per heavy atom. The van der Waals surface area contributed by atoms with E-state index < -0.39 is 17.4 Å². The van der Waals surface area contributed by atoms with Crippen LogP contribution < -0.4 is 10.1 Å². The summed E-state index contributed by atoms with van der Waals surface area (Å²) < 4.78 is 39.4. The number of hydrogen-bond acceptors (Lipinski definition) is 3. The summed E-state index contributed by atoms with van der Waals surface area (Å²) in [6.07, 6.45) is 1.67. The number of nitrogens with one attached hydrogen (secondary N) is 1. The summed E-state index contributed by atoms with van der Waals surface area (Å²) in [5, 5.41) is 3.31. The zero-order valence-electron chi connectivity index (χ0n) is 11.2. The monoisotopic (exact) mass is 291 g/mol. The van der Waals surface area contributed by atoms with Crippen LogP contribution in [0.4, 0.5) is 8.78 Å². The SMILES string of the molecule is CC(CS(C)=O)NC(C)c1ccc(OC(F)F)cc1. The number of ether oxygens (including phenoxy) is 1. The van der Waals surface area contributed by atoms with Crippen molar-refractivity contribution < 1.29 is 17.7 Å². The van der Waals surface area contributed by atoms with Gasteiger partial charge in [0, 0.05) is 34.9 Å². The molecule has 1 aromatic carbocycles. The van der Waals surface area contributed by atoms with Crippen molar-refractivity contribution in [2.75, 3.05) is 12.0 Å². The van der Waals surface area contributed by atoms with Crippen LogP contribution in [0.1, 0.15) is 25.5 Å². The van der Waals surface area contributed by atoms with E-state index in [1.807, 2.05) is 13.8 Å². The second-order valence-corrected chi connectivity index (χ2v) is 5.96. The van der Waals surface area contributed by atoms with Gasteiger partial charge in [-0.25, -0.2) is 0 Å². The third-order valence-electron chi connectivity index (χ3n) is 2.62. The van der Waals surface area contributed by atoms with Crippen LogP contribution in [0.15, 0.2) is 24.3 Å². The first kappa shape index (κ1) is 16.0. The van der Waals surface area contributed by atoms with Gasteiger partial charge in [0.05, 0.1) is 0 Å². The van der Waals surface area contributed by atoms with Crippen molar-refractivity contribution in [3.63, 3.8) is 0 Å². The van der Waals surface area contributed by atoms with Crippen LogP contribution >= 0.6 is 0 Å². The van der Waals surface area contributed by atoms with E-state index in [9.17, 15) is 13.0 Å². The standard InChI is InChI=1S/C13H19F2NO2S/c1-9(8-19(3)17)16-10(2)11-4-6-12(7-5-11)18-13(14)15/h4-7,9-10,13,16H,8H2,1-3H3. The number of hydrogen-bond donors (Lipinski definition) is 1. The highest BCUT2D eigenvalue weighted by Gasteiger charge is 2.11. The first-order chi connectivity index (χ1) is 8.88. The molecule has 0 amide bonds. The molecular weight excluding hydrogens is 272 g/mol. The van der Waals surface area contributed by atoms with Crippen molar-refractivity contribution >= 4 is 10.8 Å². The normalized spacial score (nSPS) is 16.1. The van der Waals surface area contributed by atoms with Gasteiger partial charge in [-0.15, -0.1) is 0 Å². The summed E-state index contributed by atoms with van der Waals surface area (Å²) in [6.45, 7) is 1.13. The van der Waals surface area contributed by atoms with Crippen molar-refractivity contribution in [2.24, 2.45) is 0 Å². The van der Waals surface area contributed by atoms with Gasteiger partial charge in [0.25, 0.3) is 0 Å². The predicted octanol–water partition coefficient (Wildman–Crippen LogP) is 2.71. The van der Waals surface area contributed by atoms with E-state index in [1.54, 1.807) is 18.4 Å². The Morgan fingerprint density at radius 2 is 1.84 bits per heavy atom. The average molecular weight is 291 g/mol. The number of rotatable bonds is 7. The molecule has 0 saturated heterocycles. The summed E-state index contributed by atoms with van der Waals surface area (Å²) in [5.74, 6) is 0.727. The lowest BCUT2D eigenvalue weighted by atomic mass is 10.1. The van der Waals surface area contributed by atoms with Crippen LogP contribution in [0.25, 0.3) is 0 Å². The van der Waals surface area contributed by atoms with Gasteiger partial charge >= 0.3 is 6.61 Å². The first-order valence-electron chi connectivity index (χ1n) is 5.99. The van der Waals surface area contributed by atoms with E-state index >= 15 is 0 Å². The highest BCUT2D eigenvalue weighted by Crippen LogP contribution is 2.19. The van der Waals surface area contributed by atoms with E-state index in [0.717, 1.165) is 5.56 Å². The number of halogens is 2. The van der Waals surface area contributed by atoms with E-state index in [-0.39, 0.29) is 17.8 Å². The smallest absolute Gasteiger partial charge is 0.387 e. The molecule has 0 aliphatic rings. The largest absolute Gasteiger partial charge is 0.435 e. The highest BCUT2D eigenvalue weighted by atomic mass is 32.2. The van der Waals surface area contributed by atoms with Crippen LogP contribution in [0.3, 0.4) is 0 Å². The van der Waals surface area contributed by atoms with Crippen LogP contribution in [-0.4, -0.2) is 28.9 Å². The molecule has 3 nitrogen and oxygen atoms in total. The van der Waals surface area contributed by atoms with Crippen molar-refractivity contribution in [3.8, 4) is 5.75 Å². The minimum Gasteiger partial charge on any atom is -0.435 e. The molecule has 0 fully saturated rings. The molecule has 0 bridgehead atoms. The molecule has 3 unspecified atom stereocenters. The lowest BCUT2D eigenvalue weighted by Crippen LogP contribution is -2.33. The van der Waals surface area contributed by atoms with E-state index in [4.69, 9.17) is 0 Å². The summed E-state index contributed by atoms with van der Waals surface area (Å²) in [6, 6.07) is 6.69. The average Bonchev–Trinajstić information content (AvgIpc) is 2.27. The molecule has 3 atom stereocenters. The molecule has 19 heavy (non-hydrogen) atoms. The molecule has 6 heteroatoms. The van der Waals surface area contributed by atoms with Gasteiger partial charge in [0.1, 0.15) is 5.75 Å². The molecule has 1 rings (SSSR count). The molecule has 108 valence electrons. The van der Waals surface area contributed by atoms with Crippen LogP contribution in [0.2, 0.25) is 0 Å². The summed E-state index contributed by atoms with van der Waals surface area (Å²) in [5.41, 5.74) is 0.968. The van der Waals surface area contributed by atoms with Gasteiger partial charge in [0.2, 0.25) is 0 Å². The molecule has 0 spiro atoms. The molecule has 0 aliphatic carbocycles. The van der Waals surface area contributed by atoms with Gasteiger partial charge in [-0.3, -0.25) is 4.21 Å². The molecular formula is C13H19F2NO2S. The van der Waals surface area contributed by atoms with Gasteiger partial charge < -0.3 is 10.1 Å². The fourth-order valence-electron chi connectivity index (χ4n) is 1.86. The van der Waals surface area contributed by atoms with Crippen LogP contribution in [-0.2, 0) is 10.8 Å². The van der Waals surface area contributed by atoms with E-state index in [1.165, 1.54) is 12.1 Å². The van der Waals surface area contributed by atoms with Crippen LogP contribution in [0, 0.1) is 0 Å². The zero-order chi connectivity index (χ0) is 14.4. The van der Waals surface area contributed by atoms with Gasteiger partial charge in [-0.05, 0) is 31.5 Å². The second-order valence-electron chi connectivity index (χ2n) is 4.48. The molecule has 1 N–H and O–H groups in total. The Hall–Kier alpha value is -1.01. The lowest BCUT2D eigenvalue weighted by molar-refractivity contribution is -0.0498. The Labute approximate surface area is 114 Å². The quantitative estimate of drug-likeness (QED) is 0.839. The minimum absolute atomic E-state index is 0.0548. The van der Waals surface area contributed by atoms with E-state index in [2.05, 4.69) is 10.1 Å². The van der Waals surface area contributed by atoms with Crippen LogP contribution in [0.5, 0.6) is 5.75 Å². The maximum atomic E-state index is 12.0. The molecule has 0 saturated carbocycles. The third kappa shape index (κ3) is 6.11. The second kappa shape index (κ2) is 7.55. The molecule has 0 radical (unpaired) electrons. The molecule has 0 heterocycles. The lowest BCUT2D eigenvalue weighted by Gasteiger charge is -2.19. The topological polar surface area (TPSA) is 38.3 Å². The summed E-state index contributed by atoms with van der Waals surface area (Å²) >= 11 is 0. The Kier molecular flexibility index (Phi) is 6.37. The van der Waals surface area contributed by atoms with Crippen molar-refractivity contribution in [1.29, 1.82) is 0 Å². The minimum atomic E-state index is -2.80. The Morgan fingerprint density at radius 1 is 1.26 bits per heavy atom. The van der Waals surface area contributed by atoms with E-state index in [0.29, 0.717) is 5.75 Å². The summed E-state index contributed by atoms with van der Waals surface area (Å²) in [7, 11) is -0.845. The van der Waals surface area contributed by atoms with Gasteiger partial charge in [0.15, 0.2) is 0 Å². The molecule has 0 aliphatic heterocycles. The highest BCUT2D eigenvalue weighted by molar-refractivity contribution is 7.84. The fourth-order valence-corrected chi connectivity index (χ4v) is 2.66. The van der Waals surface area contributed by atoms with Crippen molar-refractivity contribution in [3.05, 3.63) is 29.8 Å². The number of benzene rings is 1. The van der Waals surface area contributed by atoms with Crippen molar-refractivity contribution in [1.82, 2.24) is 5.32 Å². The Balaban J connectivity index is 2.57. The fraction of sp³-hybridized carbons (Fsp3) is 0.538. The summed E-state index contributed by atoms with van der Waals surface area (Å²) in [4.78, 5) is 0. The molecule has 1 aromatic rings. The van der Waals surface area contributed by atoms with Crippen molar-refractivity contribution in [2.45, 2.75) is 32.5 Å². The maximum Gasteiger partial charge on any atom is 0.387 e. The first-order valence-corrected chi connectivity index (χ1v) is 7.72. The Bertz CT molecular complexity index is 412. The number of alkyl halides is 2. The maximum absolute atomic E-state index is 12.0. The zero-order valence-corrected chi connectivity index (χ0v) is 12.0. The predicted molar refractivity (Wildman–Crippen MR) is 73.0 cm³/mol.